The van der Waals surface area contributed by atoms with E-state index in [0.29, 0.717) is 19.5 Å². The molecule has 0 amide bonds. The average Bonchev–Trinajstić information content (AvgIpc) is 2.36. The van der Waals surface area contributed by atoms with Crippen LogP contribution in [0.25, 0.3) is 0 Å². The molecule has 0 aliphatic heterocycles. The van der Waals surface area contributed by atoms with E-state index in [-0.39, 0.29) is 13.2 Å². The molecule has 1 aromatic carbocycles. The zero-order valence-corrected chi connectivity index (χ0v) is 12.2. The minimum absolute atomic E-state index is 0.113. The van der Waals surface area contributed by atoms with Crippen LogP contribution in [0.1, 0.15) is 12.0 Å². The molecular formula is C13H20BrNO3. The van der Waals surface area contributed by atoms with Crippen LogP contribution >= 0.6 is 15.9 Å². The molecule has 18 heavy (non-hydrogen) atoms. The number of aliphatic hydroxyl groups is 2. The molecule has 1 rings (SSSR count). The summed E-state index contributed by atoms with van der Waals surface area (Å²) in [5.41, 5.74) is 1.07. The van der Waals surface area contributed by atoms with Gasteiger partial charge in [-0.2, -0.15) is 0 Å². The Morgan fingerprint density at radius 2 is 2.00 bits per heavy atom. The Kier molecular flexibility index (Phi) is 7.27. The lowest BCUT2D eigenvalue weighted by atomic mass is 10.2. The van der Waals surface area contributed by atoms with Crippen LogP contribution in [0, 0.1) is 0 Å². The van der Waals surface area contributed by atoms with Crippen LogP contribution in [0.4, 0.5) is 0 Å². The molecule has 2 N–H and O–H groups in total. The highest BCUT2D eigenvalue weighted by Gasteiger charge is 2.09. The highest BCUT2D eigenvalue weighted by molar-refractivity contribution is 9.10. The van der Waals surface area contributed by atoms with Gasteiger partial charge < -0.3 is 14.9 Å². The molecule has 0 aliphatic rings. The summed E-state index contributed by atoms with van der Waals surface area (Å²) in [6, 6.07) is 5.87. The second-order valence-electron chi connectivity index (χ2n) is 4.03. The largest absolute Gasteiger partial charge is 0.496 e. The van der Waals surface area contributed by atoms with E-state index in [1.165, 1.54) is 0 Å². The summed E-state index contributed by atoms with van der Waals surface area (Å²) in [5.74, 6) is 0.838. The van der Waals surface area contributed by atoms with Crippen molar-refractivity contribution in [2.24, 2.45) is 0 Å². The lowest BCUT2D eigenvalue weighted by Crippen LogP contribution is -2.28. The fraction of sp³-hybridized carbons (Fsp3) is 0.538. The number of hydrogen-bond acceptors (Lipinski definition) is 4. The van der Waals surface area contributed by atoms with Gasteiger partial charge in [0, 0.05) is 36.3 Å². The monoisotopic (exact) mass is 317 g/mol. The summed E-state index contributed by atoms with van der Waals surface area (Å²) < 4.78 is 6.33. The first-order valence-electron chi connectivity index (χ1n) is 5.97. The van der Waals surface area contributed by atoms with Gasteiger partial charge in [-0.3, -0.25) is 4.90 Å². The molecule has 4 nitrogen and oxygen atoms in total. The molecule has 0 heterocycles. The zero-order valence-electron chi connectivity index (χ0n) is 10.6. The molecule has 0 atom stereocenters. The van der Waals surface area contributed by atoms with E-state index in [1.54, 1.807) is 7.11 Å². The third-order valence-corrected chi connectivity index (χ3v) is 3.18. The van der Waals surface area contributed by atoms with Crippen LogP contribution in [0.15, 0.2) is 22.7 Å². The van der Waals surface area contributed by atoms with Crippen LogP contribution < -0.4 is 4.74 Å². The van der Waals surface area contributed by atoms with Crippen molar-refractivity contribution in [3.63, 3.8) is 0 Å². The van der Waals surface area contributed by atoms with Gasteiger partial charge in [-0.25, -0.2) is 0 Å². The van der Waals surface area contributed by atoms with Gasteiger partial charge in [0.2, 0.25) is 0 Å². The van der Waals surface area contributed by atoms with Gasteiger partial charge in [0.25, 0.3) is 0 Å². The molecule has 1 aromatic rings. The standard InChI is InChI=1S/C13H20BrNO3/c1-18-13-4-3-12(14)9-11(13)10-15(6-8-17)5-2-7-16/h3-4,9,16-17H,2,5-8,10H2,1H3. The molecule has 0 aromatic heterocycles. The van der Waals surface area contributed by atoms with Crippen molar-refractivity contribution in [1.29, 1.82) is 0 Å². The highest BCUT2D eigenvalue weighted by atomic mass is 79.9. The normalized spacial score (nSPS) is 10.9. The van der Waals surface area contributed by atoms with Crippen LogP contribution in [0.5, 0.6) is 5.75 Å². The van der Waals surface area contributed by atoms with E-state index >= 15 is 0 Å². The lowest BCUT2D eigenvalue weighted by molar-refractivity contribution is 0.173. The van der Waals surface area contributed by atoms with Gasteiger partial charge in [0.1, 0.15) is 5.75 Å². The van der Waals surface area contributed by atoms with Crippen molar-refractivity contribution >= 4 is 15.9 Å². The van der Waals surface area contributed by atoms with E-state index in [4.69, 9.17) is 14.9 Å². The Bertz CT molecular complexity index is 360. The molecule has 102 valence electrons. The molecule has 0 saturated heterocycles. The smallest absolute Gasteiger partial charge is 0.123 e. The predicted octanol–water partition coefficient (Wildman–Crippen LogP) is 1.63. The van der Waals surface area contributed by atoms with Crippen molar-refractivity contribution in [2.75, 3.05) is 33.4 Å². The molecule has 0 unspecified atom stereocenters. The summed E-state index contributed by atoms with van der Waals surface area (Å²) in [5, 5.41) is 17.9. The number of ether oxygens (including phenoxy) is 1. The summed E-state index contributed by atoms with van der Waals surface area (Å²) in [7, 11) is 1.65. The van der Waals surface area contributed by atoms with Gasteiger partial charge in [-0.1, -0.05) is 15.9 Å². The third kappa shape index (κ3) is 4.94. The SMILES string of the molecule is COc1ccc(Br)cc1CN(CCO)CCCO. The fourth-order valence-corrected chi connectivity index (χ4v) is 2.23. The number of aliphatic hydroxyl groups excluding tert-OH is 2. The topological polar surface area (TPSA) is 52.9 Å². The van der Waals surface area contributed by atoms with Gasteiger partial charge >= 0.3 is 0 Å². The Morgan fingerprint density at radius 3 is 2.61 bits per heavy atom. The molecular weight excluding hydrogens is 298 g/mol. The number of hydrogen-bond donors (Lipinski definition) is 2. The van der Waals surface area contributed by atoms with Gasteiger partial charge in [-0.15, -0.1) is 0 Å². The molecule has 0 bridgehead atoms. The summed E-state index contributed by atoms with van der Waals surface area (Å²) in [6.07, 6.45) is 0.705. The van der Waals surface area contributed by atoms with E-state index in [1.807, 2.05) is 18.2 Å². The first-order chi connectivity index (χ1) is 8.71. The second-order valence-corrected chi connectivity index (χ2v) is 4.95. The number of halogens is 1. The van der Waals surface area contributed by atoms with Crippen LogP contribution in [0.3, 0.4) is 0 Å². The minimum atomic E-state index is 0.113. The van der Waals surface area contributed by atoms with Gasteiger partial charge in [0.05, 0.1) is 13.7 Å². The Balaban J connectivity index is 2.74. The van der Waals surface area contributed by atoms with Crippen LogP contribution in [-0.2, 0) is 6.54 Å². The number of rotatable bonds is 8. The maximum Gasteiger partial charge on any atom is 0.123 e. The van der Waals surface area contributed by atoms with Crippen LogP contribution in [0.2, 0.25) is 0 Å². The van der Waals surface area contributed by atoms with Crippen molar-refractivity contribution < 1.29 is 14.9 Å². The first-order valence-corrected chi connectivity index (χ1v) is 6.77. The summed E-state index contributed by atoms with van der Waals surface area (Å²) in [4.78, 5) is 2.10. The van der Waals surface area contributed by atoms with E-state index < -0.39 is 0 Å². The third-order valence-electron chi connectivity index (χ3n) is 2.69. The molecule has 0 spiro atoms. The highest BCUT2D eigenvalue weighted by Crippen LogP contribution is 2.24. The maximum atomic E-state index is 9.05. The maximum absolute atomic E-state index is 9.05. The summed E-state index contributed by atoms with van der Waals surface area (Å²) >= 11 is 3.44. The average molecular weight is 318 g/mol. The molecule has 0 saturated carbocycles. The summed E-state index contributed by atoms with van der Waals surface area (Å²) in [6.45, 7) is 2.32. The fourth-order valence-electron chi connectivity index (χ4n) is 1.82. The molecule has 0 radical (unpaired) electrons. The quantitative estimate of drug-likeness (QED) is 0.765. The van der Waals surface area contributed by atoms with E-state index in [2.05, 4.69) is 20.8 Å². The van der Waals surface area contributed by atoms with E-state index in [9.17, 15) is 0 Å². The van der Waals surface area contributed by atoms with Crippen molar-refractivity contribution in [3.8, 4) is 5.75 Å². The zero-order chi connectivity index (χ0) is 13.4. The van der Waals surface area contributed by atoms with Gasteiger partial charge in [-0.05, 0) is 24.6 Å². The second kappa shape index (κ2) is 8.48. The van der Waals surface area contributed by atoms with Crippen LogP contribution in [-0.4, -0.2) is 48.5 Å². The Hall–Kier alpha value is -0.620. The van der Waals surface area contributed by atoms with Crippen molar-refractivity contribution in [1.82, 2.24) is 4.90 Å². The Morgan fingerprint density at radius 1 is 1.22 bits per heavy atom. The number of benzene rings is 1. The predicted molar refractivity (Wildman–Crippen MR) is 74.8 cm³/mol. The minimum Gasteiger partial charge on any atom is -0.496 e. The first kappa shape index (κ1) is 15.4. The molecule has 0 fully saturated rings. The van der Waals surface area contributed by atoms with Crippen molar-refractivity contribution in [2.45, 2.75) is 13.0 Å². The molecule has 0 aliphatic carbocycles. The number of nitrogens with zero attached hydrogens (tertiary/aromatic N) is 1. The van der Waals surface area contributed by atoms with Crippen molar-refractivity contribution in [3.05, 3.63) is 28.2 Å². The lowest BCUT2D eigenvalue weighted by Gasteiger charge is -2.22. The number of methoxy groups -OCH3 is 1. The van der Waals surface area contributed by atoms with E-state index in [0.717, 1.165) is 22.3 Å². The molecule has 5 heteroatoms. The Labute approximate surface area is 116 Å². The van der Waals surface area contributed by atoms with Gasteiger partial charge in [0.15, 0.2) is 0 Å².